The molecule has 6 heterocycles. The van der Waals surface area contributed by atoms with Gasteiger partial charge in [-0.3, -0.25) is 10.1 Å². The van der Waals surface area contributed by atoms with Gasteiger partial charge >= 0.3 is 34.1 Å². The Bertz CT molecular complexity index is 7880. The van der Waals surface area contributed by atoms with E-state index in [4.69, 9.17) is 51.9 Å². The van der Waals surface area contributed by atoms with Crippen LogP contribution in [0.5, 0.6) is 34.5 Å². The largest absolute Gasteiger partial charge is 0.515 e. The molecule has 0 saturated heterocycles. The summed E-state index contributed by atoms with van der Waals surface area (Å²) in [6, 6.07) is 77.8. The normalized spacial score (nSPS) is 10.2. The molecule has 748 valence electrons. The number of aromatic nitrogens is 24. The fraction of sp³-hybridized carbons (Fsp3) is 0.175. The van der Waals surface area contributed by atoms with Gasteiger partial charge in [0, 0.05) is 339 Å². The van der Waals surface area contributed by atoms with Crippen LogP contribution < -0.4 is 62.6 Å². The minimum atomic E-state index is -0.493. The number of hydrogen-bond acceptors (Lipinski definition) is 25. The second-order valence-electron chi connectivity index (χ2n) is 30.5. The molecular formula is C97H78Br6ClFN26O12Y6-6. The molecule has 18 aromatic rings. The molecule has 12 aromatic carbocycles. The average molecular weight is 2870 g/mol. The molecule has 0 aliphatic rings. The minimum absolute atomic E-state index is 0. The molecule has 0 bridgehead atoms. The van der Waals surface area contributed by atoms with Gasteiger partial charge in [-0.2, -0.15) is 122 Å². The molecule has 52 heteroatoms. The van der Waals surface area contributed by atoms with Gasteiger partial charge in [-0.1, -0.05) is 195 Å². The Kier molecular flexibility index (Phi) is 52.0. The Morgan fingerprint density at radius 1 is 0.336 bits per heavy atom. The van der Waals surface area contributed by atoms with Crippen molar-refractivity contribution >= 4 is 113 Å². The molecular weight excluding hydrogens is 2790 g/mol. The van der Waals surface area contributed by atoms with Gasteiger partial charge in [-0.15, -0.1) is 83.4 Å². The summed E-state index contributed by atoms with van der Waals surface area (Å²) in [5, 5.41) is 55.2. The van der Waals surface area contributed by atoms with Crippen molar-refractivity contribution < 1.29 is 229 Å². The number of rotatable bonds is 24. The fourth-order valence-corrected chi connectivity index (χ4v) is 16.0. The summed E-state index contributed by atoms with van der Waals surface area (Å²) in [4.78, 5) is 76.0. The molecule has 149 heavy (non-hydrogen) atoms. The summed E-state index contributed by atoms with van der Waals surface area (Å²) in [5.74, 6) is 3.21. The fourth-order valence-electron chi connectivity index (χ4n) is 13.0. The van der Waals surface area contributed by atoms with E-state index in [1.807, 2.05) is 137 Å². The summed E-state index contributed by atoms with van der Waals surface area (Å²) in [5.41, 5.74) is 11.5. The third-order valence-corrected chi connectivity index (χ3v) is 25.3. The Morgan fingerprint density at radius 2 is 0.584 bits per heavy atom. The Labute approximate surface area is 1060 Å². The molecule has 0 spiro atoms. The van der Waals surface area contributed by atoms with Crippen LogP contribution in [0.4, 0.5) is 10.1 Å². The second kappa shape index (κ2) is 60.9. The molecule has 0 aliphatic carbocycles. The maximum Gasteiger partial charge on any atom is 0.368 e. The number of tetrazole rings is 6. The summed E-state index contributed by atoms with van der Waals surface area (Å²) in [6.45, 7) is 17.9. The standard InChI is InChI=1S/C17H13BrN5O2.C16H13BrClN4O2.C16H13BrFN4O2.C16H11BrN5O2.2C16H14BrN4O2.6Y/c1-11-6-7-12(9-19)8-16(11)25-10-13-14(18)4-3-5-15(13)23-17(24)22(2)20-21-23;2*1-10-6-7-11(18)8-15(10)24-9-12-13(17)4-3-5-14(12)22-16(23)21(2)19-20-22;1-18-11-5-3-6-12(9-11)24-10-13-14(17)7-4-8-15(13)22-16(23)21(2)19-20-22;2*1-11-5-3-6-12(9-11)23-10-13-14(17)7-4-8-15(13)21-16(22)20(2)18-19-21;;;;;;/h3-6,8H,10H2,1-2H3;2*3-6,8H,9H2,1-2H3;3-4,6-9H,10H2,2H3;2*3-4,6-9H,10H2,1-2H3;;;;;;/q6*-1;;;;;;. The van der Waals surface area contributed by atoms with Gasteiger partial charge < -0.3 is 28.4 Å². The first kappa shape index (κ1) is 127. The first-order chi connectivity index (χ1) is 68.7. The van der Waals surface area contributed by atoms with Gasteiger partial charge in [0.05, 0.1) is 46.4 Å². The molecule has 18 rings (SSSR count). The third-order valence-electron chi connectivity index (χ3n) is 20.6. The van der Waals surface area contributed by atoms with Crippen LogP contribution in [0.3, 0.4) is 0 Å². The smallest absolute Gasteiger partial charge is 0.368 e. The zero-order valence-corrected chi connectivity index (χ0v) is 108. The summed E-state index contributed by atoms with van der Waals surface area (Å²) in [6.07, 6.45) is 0. The van der Waals surface area contributed by atoms with E-state index in [0.717, 1.165) is 108 Å². The van der Waals surface area contributed by atoms with Gasteiger partial charge in [0.25, 0.3) is 0 Å². The van der Waals surface area contributed by atoms with Crippen molar-refractivity contribution in [2.24, 2.45) is 42.3 Å². The summed E-state index contributed by atoms with van der Waals surface area (Å²) < 4.78 is 67.4. The average Bonchev–Trinajstić information content (AvgIpc) is 1.77. The zero-order chi connectivity index (χ0) is 102. The zero-order valence-electron chi connectivity index (χ0n) is 80.8. The SMILES string of the molecule is Cc1[c-]ccc(OCc2c(Br)cccc2-n2nnn(C)c2=O)c1.Cc1[c-]ccc(OCc2c(Br)cccc2-n2nnn(C)c2=O)c1.Cc1c[c-]c(C#N)cc1OCc1c(Br)cccc1-n1nnn(C)c1=O.Cc1c[c-]c(Cl)cc1OCc1c(Br)cccc1-n1nnn(C)c1=O.Cc1c[c-]c(F)cc1OCc1c(Br)cccc1-n1nnn(C)c1=O.[C-]#[N+]c1[c-]ccc(OCc2c(Br)cccc2-n2nnn(C)c2=O)c1.[Y].[Y].[Y].[Y].[Y].[Y]. The van der Waals surface area contributed by atoms with Gasteiger partial charge in [-0.05, 0) is 141 Å². The van der Waals surface area contributed by atoms with Crippen LogP contribution in [-0.4, -0.2) is 119 Å². The van der Waals surface area contributed by atoms with E-state index in [2.05, 4.69) is 199 Å². The van der Waals surface area contributed by atoms with Crippen LogP contribution in [0, 0.1) is 94.7 Å². The van der Waals surface area contributed by atoms with Gasteiger partial charge in [-0.25, -0.2) is 33.2 Å². The molecule has 0 saturated carbocycles. The monoisotopic (exact) mass is 2860 g/mol. The van der Waals surface area contributed by atoms with Crippen molar-refractivity contribution in [2.75, 3.05) is 0 Å². The quantitative estimate of drug-likeness (QED) is 0.0507. The number of aryl methyl sites for hydroxylation is 11. The van der Waals surface area contributed by atoms with Gasteiger partial charge in [0.2, 0.25) is 0 Å². The summed E-state index contributed by atoms with van der Waals surface area (Å²) >= 11 is 26.9. The molecule has 0 aliphatic heterocycles. The van der Waals surface area contributed by atoms with Crippen LogP contribution in [0.15, 0.2) is 256 Å². The maximum absolute atomic E-state index is 13.3. The van der Waals surface area contributed by atoms with E-state index in [1.54, 1.807) is 113 Å². The summed E-state index contributed by atoms with van der Waals surface area (Å²) in [7, 11) is 9.25. The molecule has 0 fully saturated rings. The van der Waals surface area contributed by atoms with Crippen molar-refractivity contribution in [3.63, 3.8) is 0 Å². The number of nitriles is 1. The minimum Gasteiger partial charge on any atom is -0.515 e. The molecule has 6 radical (unpaired) electrons. The molecule has 38 nitrogen and oxygen atoms in total. The predicted octanol–water partition coefficient (Wildman–Crippen LogP) is 15.4. The van der Waals surface area contributed by atoms with Crippen LogP contribution in [0.25, 0.3) is 39.0 Å². The molecule has 6 aromatic heterocycles. The first-order valence-corrected chi connectivity index (χ1v) is 47.3. The molecule has 0 atom stereocenters. The van der Waals surface area contributed by atoms with Crippen molar-refractivity contribution in [3.8, 4) is 74.7 Å². The van der Waals surface area contributed by atoms with E-state index >= 15 is 0 Å². The van der Waals surface area contributed by atoms with Crippen molar-refractivity contribution in [1.29, 1.82) is 5.26 Å². The van der Waals surface area contributed by atoms with Crippen molar-refractivity contribution in [2.45, 2.75) is 74.3 Å². The van der Waals surface area contributed by atoms with Crippen molar-refractivity contribution in [3.05, 3.63) is 415 Å². The molecule has 0 N–H and O–H groups in total. The van der Waals surface area contributed by atoms with Crippen LogP contribution in [0.2, 0.25) is 5.02 Å². The van der Waals surface area contributed by atoms with E-state index in [1.165, 1.54) is 75.4 Å². The van der Waals surface area contributed by atoms with Gasteiger partial charge in [0.1, 0.15) is 39.6 Å². The second-order valence-corrected chi connectivity index (χ2v) is 36.1. The maximum atomic E-state index is 13.3. The van der Waals surface area contributed by atoms with Crippen molar-refractivity contribution in [1.82, 2.24) is 119 Å². The van der Waals surface area contributed by atoms with E-state index in [-0.39, 0.29) is 257 Å². The number of ether oxygens (including phenoxy) is 6. The number of hydrogen-bond donors (Lipinski definition) is 0. The van der Waals surface area contributed by atoms with E-state index < -0.39 is 5.82 Å². The number of halogens is 8. The Hall–Kier alpha value is -8.64. The predicted molar refractivity (Wildman–Crippen MR) is 543 cm³/mol. The third kappa shape index (κ3) is 33.5. The number of nitrogens with zero attached hydrogens (tertiary/aromatic N) is 26. The molecule has 0 amide bonds. The van der Waals surface area contributed by atoms with E-state index in [0.29, 0.717) is 92.2 Å². The Balaban J connectivity index is 0.000000240. The molecule has 0 unspecified atom stereocenters. The van der Waals surface area contributed by atoms with Gasteiger partial charge in [0.15, 0.2) is 0 Å². The first-order valence-electron chi connectivity index (χ1n) is 42.2. The number of benzene rings is 12. The van der Waals surface area contributed by atoms with Crippen LogP contribution in [-0.2, 0) is 278 Å². The van der Waals surface area contributed by atoms with Crippen LogP contribution >= 0.6 is 107 Å². The topological polar surface area (TPSA) is 400 Å². The van der Waals surface area contributed by atoms with E-state index in [9.17, 15) is 33.2 Å². The Morgan fingerprint density at radius 3 is 0.846 bits per heavy atom. The van der Waals surface area contributed by atoms with Crippen LogP contribution in [0.1, 0.15) is 66.8 Å².